The van der Waals surface area contributed by atoms with Crippen LogP contribution in [0.1, 0.15) is 11.6 Å². The van der Waals surface area contributed by atoms with Crippen LogP contribution in [0.5, 0.6) is 5.75 Å². The summed E-state index contributed by atoms with van der Waals surface area (Å²) in [6.45, 7) is 2.58. The van der Waals surface area contributed by atoms with E-state index in [1.807, 2.05) is 24.3 Å². The Morgan fingerprint density at radius 2 is 1.93 bits per heavy atom. The highest BCUT2D eigenvalue weighted by Gasteiger charge is 2.26. The summed E-state index contributed by atoms with van der Waals surface area (Å²) in [4.78, 5) is 12.3. The summed E-state index contributed by atoms with van der Waals surface area (Å²) in [5.74, 6) is 0.683. The molecule has 0 saturated carbocycles. The molecule has 1 aliphatic heterocycles. The van der Waals surface area contributed by atoms with Crippen LogP contribution in [0.4, 0.5) is 5.69 Å². The van der Waals surface area contributed by atoms with Crippen molar-refractivity contribution in [2.24, 2.45) is 0 Å². The van der Waals surface area contributed by atoms with E-state index in [1.54, 1.807) is 7.11 Å². The lowest BCUT2D eigenvalue weighted by Gasteiger charge is -2.35. The van der Waals surface area contributed by atoms with E-state index in [0.29, 0.717) is 32.1 Å². The normalized spacial score (nSPS) is 16.3. The summed E-state index contributed by atoms with van der Waals surface area (Å²) in [6.07, 6.45) is 0. The molecule has 1 heterocycles. The summed E-state index contributed by atoms with van der Waals surface area (Å²) in [6, 6.07) is 12.3. The third-order valence-corrected chi connectivity index (χ3v) is 6.19. The minimum absolute atomic E-state index is 0.109. The fourth-order valence-electron chi connectivity index (χ4n) is 3.23. The number of hydrogen-bond acceptors (Lipinski definition) is 7. The fourth-order valence-corrected chi connectivity index (χ4v) is 4.31. The smallest absolute Gasteiger partial charge is 0.270 e. The Morgan fingerprint density at radius 1 is 1.21 bits per heavy atom. The lowest BCUT2D eigenvalue weighted by molar-refractivity contribution is -0.385. The van der Waals surface area contributed by atoms with Crippen LogP contribution < -0.4 is 9.46 Å². The largest absolute Gasteiger partial charge is 0.497 e. The predicted molar refractivity (Wildman–Crippen MR) is 106 cm³/mol. The van der Waals surface area contributed by atoms with Crippen molar-refractivity contribution in [3.05, 3.63) is 64.2 Å². The molecule has 3 rings (SSSR count). The van der Waals surface area contributed by atoms with E-state index in [2.05, 4.69) is 9.62 Å². The van der Waals surface area contributed by atoms with Crippen molar-refractivity contribution in [3.63, 3.8) is 0 Å². The number of methoxy groups -OCH3 is 1. The van der Waals surface area contributed by atoms with E-state index in [1.165, 1.54) is 18.2 Å². The molecule has 1 aliphatic rings. The fraction of sp³-hybridized carbons (Fsp3) is 0.368. The molecule has 156 valence electrons. The first kappa shape index (κ1) is 21.2. The van der Waals surface area contributed by atoms with Gasteiger partial charge in [0, 0.05) is 37.8 Å². The van der Waals surface area contributed by atoms with Gasteiger partial charge in [-0.05, 0) is 23.8 Å². The standard InChI is InChI=1S/C19H23N3O6S/c1-27-17-6-2-4-15(12-17)19(21-8-10-28-11-9-21)14-20-29(25,26)18-7-3-5-16(13-18)22(23)24/h2-7,12-13,19-20H,8-11,14H2,1H3/t19-/m0/s1. The van der Waals surface area contributed by atoms with Gasteiger partial charge in [0.05, 0.1) is 30.1 Å². The van der Waals surface area contributed by atoms with Gasteiger partial charge in [0.15, 0.2) is 0 Å². The summed E-state index contributed by atoms with van der Waals surface area (Å²) in [5, 5.41) is 11.0. The number of benzene rings is 2. The van der Waals surface area contributed by atoms with Crippen molar-refractivity contribution in [2.45, 2.75) is 10.9 Å². The van der Waals surface area contributed by atoms with Crippen LogP contribution in [0, 0.1) is 10.1 Å². The number of morpholine rings is 1. The second kappa shape index (κ2) is 9.31. The molecule has 0 aromatic heterocycles. The number of nitro groups is 1. The molecule has 1 N–H and O–H groups in total. The van der Waals surface area contributed by atoms with E-state index in [4.69, 9.17) is 9.47 Å². The Kier molecular flexibility index (Phi) is 6.80. The van der Waals surface area contributed by atoms with Crippen molar-refractivity contribution in [3.8, 4) is 5.75 Å². The molecule has 0 unspecified atom stereocenters. The van der Waals surface area contributed by atoms with Crippen molar-refractivity contribution >= 4 is 15.7 Å². The Bertz CT molecular complexity index is 960. The molecule has 0 bridgehead atoms. The number of ether oxygens (including phenoxy) is 2. The van der Waals surface area contributed by atoms with Gasteiger partial charge in [0.25, 0.3) is 5.69 Å². The van der Waals surface area contributed by atoms with Gasteiger partial charge < -0.3 is 9.47 Å². The minimum Gasteiger partial charge on any atom is -0.497 e. The monoisotopic (exact) mass is 421 g/mol. The van der Waals surface area contributed by atoms with Crippen LogP contribution in [-0.2, 0) is 14.8 Å². The van der Waals surface area contributed by atoms with E-state index in [-0.39, 0.29) is 23.2 Å². The summed E-state index contributed by atoms with van der Waals surface area (Å²) >= 11 is 0. The first-order valence-electron chi connectivity index (χ1n) is 9.10. The number of rotatable bonds is 8. The topological polar surface area (TPSA) is 111 Å². The molecule has 29 heavy (non-hydrogen) atoms. The zero-order valence-corrected chi connectivity index (χ0v) is 16.8. The lowest BCUT2D eigenvalue weighted by atomic mass is 10.0. The highest BCUT2D eigenvalue weighted by atomic mass is 32.2. The number of nitrogens with zero attached hydrogens (tertiary/aromatic N) is 2. The van der Waals surface area contributed by atoms with Gasteiger partial charge in [0.1, 0.15) is 5.75 Å². The maximum Gasteiger partial charge on any atom is 0.270 e. The molecule has 2 aromatic carbocycles. The number of hydrogen-bond donors (Lipinski definition) is 1. The third kappa shape index (κ3) is 5.30. The van der Waals surface area contributed by atoms with Crippen molar-refractivity contribution < 1.29 is 22.8 Å². The van der Waals surface area contributed by atoms with Gasteiger partial charge in [-0.25, -0.2) is 13.1 Å². The van der Waals surface area contributed by atoms with Crippen molar-refractivity contribution in [2.75, 3.05) is 40.0 Å². The summed E-state index contributed by atoms with van der Waals surface area (Å²) < 4.78 is 38.8. The molecular weight excluding hydrogens is 398 g/mol. The number of nitrogens with one attached hydrogen (secondary N) is 1. The highest BCUT2D eigenvalue weighted by Crippen LogP contribution is 2.26. The molecular formula is C19H23N3O6S. The van der Waals surface area contributed by atoms with Crippen LogP contribution >= 0.6 is 0 Å². The van der Waals surface area contributed by atoms with Gasteiger partial charge in [-0.3, -0.25) is 15.0 Å². The maximum absolute atomic E-state index is 12.7. The van der Waals surface area contributed by atoms with Crippen LogP contribution in [0.15, 0.2) is 53.4 Å². The quantitative estimate of drug-likeness (QED) is 0.512. The van der Waals surface area contributed by atoms with Gasteiger partial charge in [-0.15, -0.1) is 0 Å². The molecule has 0 spiro atoms. The predicted octanol–water partition coefficient (Wildman–Crippen LogP) is 1.96. The molecule has 1 fully saturated rings. The minimum atomic E-state index is -3.92. The van der Waals surface area contributed by atoms with Crippen molar-refractivity contribution in [1.82, 2.24) is 9.62 Å². The van der Waals surface area contributed by atoms with Gasteiger partial charge >= 0.3 is 0 Å². The van der Waals surface area contributed by atoms with Gasteiger partial charge in [-0.2, -0.15) is 0 Å². The molecule has 0 radical (unpaired) electrons. The molecule has 0 aliphatic carbocycles. The Hall–Kier alpha value is -2.53. The van der Waals surface area contributed by atoms with E-state index >= 15 is 0 Å². The van der Waals surface area contributed by atoms with Crippen LogP contribution in [0.2, 0.25) is 0 Å². The molecule has 10 heteroatoms. The van der Waals surface area contributed by atoms with Crippen LogP contribution in [0.25, 0.3) is 0 Å². The third-order valence-electron chi connectivity index (χ3n) is 4.77. The molecule has 9 nitrogen and oxygen atoms in total. The summed E-state index contributed by atoms with van der Waals surface area (Å²) in [7, 11) is -2.34. The zero-order chi connectivity index (χ0) is 20.9. The molecule has 1 atom stereocenters. The lowest BCUT2D eigenvalue weighted by Crippen LogP contribution is -2.43. The van der Waals surface area contributed by atoms with E-state index in [0.717, 1.165) is 11.6 Å². The first-order valence-corrected chi connectivity index (χ1v) is 10.6. The number of nitro benzene ring substituents is 1. The van der Waals surface area contributed by atoms with Gasteiger partial charge in [0.2, 0.25) is 10.0 Å². The molecule has 1 saturated heterocycles. The van der Waals surface area contributed by atoms with Crippen molar-refractivity contribution in [1.29, 1.82) is 0 Å². The van der Waals surface area contributed by atoms with Gasteiger partial charge in [-0.1, -0.05) is 18.2 Å². The SMILES string of the molecule is COc1cccc([C@H](CNS(=O)(=O)c2cccc([N+](=O)[O-])c2)N2CCOCC2)c1. The van der Waals surface area contributed by atoms with E-state index in [9.17, 15) is 18.5 Å². The van der Waals surface area contributed by atoms with Crippen LogP contribution in [0.3, 0.4) is 0 Å². The summed E-state index contributed by atoms with van der Waals surface area (Å²) in [5.41, 5.74) is 0.637. The zero-order valence-electron chi connectivity index (χ0n) is 16.0. The van der Waals surface area contributed by atoms with E-state index < -0.39 is 14.9 Å². The maximum atomic E-state index is 12.7. The average Bonchev–Trinajstić information content (AvgIpc) is 2.75. The Balaban J connectivity index is 1.83. The second-order valence-electron chi connectivity index (χ2n) is 6.55. The Morgan fingerprint density at radius 3 is 2.62 bits per heavy atom. The highest BCUT2D eigenvalue weighted by molar-refractivity contribution is 7.89. The van der Waals surface area contributed by atoms with Crippen LogP contribution in [-0.4, -0.2) is 58.2 Å². The number of non-ortho nitro benzene ring substituents is 1. The first-order chi connectivity index (χ1) is 13.9. The molecule has 2 aromatic rings. The number of sulfonamides is 1. The molecule has 0 amide bonds. The average molecular weight is 421 g/mol. The second-order valence-corrected chi connectivity index (χ2v) is 8.31. The Labute approximate surface area is 169 Å².